The number of anilines is 2. The molecule has 1 aliphatic heterocycles. The highest BCUT2D eigenvalue weighted by Crippen LogP contribution is 2.60. The number of carbonyl (C=O) groups excluding carboxylic acids is 2. The molecular formula is C24H26ClF4N5O3. The Hall–Kier alpha value is -2.96. The number of aromatic nitrogens is 1. The van der Waals surface area contributed by atoms with E-state index in [1.165, 1.54) is 28.1 Å². The van der Waals surface area contributed by atoms with Crippen LogP contribution in [-0.2, 0) is 16.0 Å². The van der Waals surface area contributed by atoms with Crippen LogP contribution in [-0.4, -0.2) is 63.7 Å². The third-order valence-corrected chi connectivity index (χ3v) is 7.32. The second-order valence-corrected chi connectivity index (χ2v) is 9.69. The minimum atomic E-state index is -4.60. The predicted molar refractivity (Wildman–Crippen MR) is 128 cm³/mol. The number of nitrogens with one attached hydrogen (secondary N) is 1. The summed E-state index contributed by atoms with van der Waals surface area (Å²) in [4.78, 5) is 32.5. The number of halogens is 5. The fourth-order valence-electron chi connectivity index (χ4n) is 4.63. The lowest BCUT2D eigenvalue weighted by Crippen LogP contribution is -2.58. The molecule has 4 rings (SSSR count). The van der Waals surface area contributed by atoms with E-state index < -0.39 is 41.5 Å². The number of nitrogens with zero attached hydrogens (tertiary/aromatic N) is 3. The van der Waals surface area contributed by atoms with Crippen LogP contribution in [0.4, 0.5) is 29.1 Å². The van der Waals surface area contributed by atoms with E-state index in [2.05, 4.69) is 10.3 Å². The molecule has 2 aromatic rings. The average molecular weight is 544 g/mol. The largest absolute Gasteiger partial charge is 0.398 e. The summed E-state index contributed by atoms with van der Waals surface area (Å²) in [6, 6.07) is 4.28. The number of nitrogens with two attached hydrogens (primary N) is 1. The van der Waals surface area contributed by atoms with Crippen LogP contribution in [0.1, 0.15) is 36.9 Å². The molecule has 8 nitrogen and oxygen atoms in total. The second-order valence-electron chi connectivity index (χ2n) is 9.29. The SMILES string of the molecule is CCc1cc(NC(=O)C(=O)N2CCN(C(O)C3(C(F)(F)F)CC3)C[C@H]2c2ccc(F)c(Cl)c2)cnc1N. The Bertz CT molecular complexity index is 1210. The molecule has 0 spiro atoms. The van der Waals surface area contributed by atoms with E-state index in [4.69, 9.17) is 17.3 Å². The minimum Gasteiger partial charge on any atom is -0.383 e. The lowest BCUT2D eigenvalue weighted by Gasteiger charge is -2.45. The number of nitrogen functional groups attached to an aromatic ring is 1. The summed E-state index contributed by atoms with van der Waals surface area (Å²) in [5, 5.41) is 12.9. The van der Waals surface area contributed by atoms with Crippen LogP contribution in [0.2, 0.25) is 5.02 Å². The molecule has 1 aliphatic carbocycles. The first-order valence-electron chi connectivity index (χ1n) is 11.7. The number of piperazine rings is 1. The molecule has 2 fully saturated rings. The molecule has 1 saturated heterocycles. The van der Waals surface area contributed by atoms with Crippen molar-refractivity contribution in [1.29, 1.82) is 0 Å². The van der Waals surface area contributed by atoms with Gasteiger partial charge in [0.05, 0.1) is 22.9 Å². The van der Waals surface area contributed by atoms with Crippen molar-refractivity contribution in [3.63, 3.8) is 0 Å². The maximum atomic E-state index is 13.8. The third kappa shape index (κ3) is 5.23. The number of pyridine rings is 1. The van der Waals surface area contributed by atoms with Crippen molar-refractivity contribution in [2.75, 3.05) is 30.7 Å². The van der Waals surface area contributed by atoms with Gasteiger partial charge in [-0.25, -0.2) is 9.37 Å². The first-order valence-corrected chi connectivity index (χ1v) is 12.1. The third-order valence-electron chi connectivity index (χ3n) is 7.03. The van der Waals surface area contributed by atoms with Gasteiger partial charge in [0.25, 0.3) is 0 Å². The van der Waals surface area contributed by atoms with Crippen LogP contribution in [0.5, 0.6) is 0 Å². The topological polar surface area (TPSA) is 112 Å². The summed E-state index contributed by atoms with van der Waals surface area (Å²) in [5.74, 6) is -2.37. The van der Waals surface area contributed by atoms with Crippen LogP contribution < -0.4 is 11.1 Å². The van der Waals surface area contributed by atoms with Gasteiger partial charge in [0.15, 0.2) is 0 Å². The number of hydrogen-bond donors (Lipinski definition) is 3. The molecule has 200 valence electrons. The molecule has 2 heterocycles. The second kappa shape index (κ2) is 10.1. The molecule has 37 heavy (non-hydrogen) atoms. The summed E-state index contributed by atoms with van der Waals surface area (Å²) in [6.45, 7) is 1.37. The molecule has 2 amide bonds. The number of aliphatic hydroxyl groups excluding tert-OH is 1. The maximum Gasteiger partial charge on any atom is 0.398 e. The van der Waals surface area contributed by atoms with Crippen LogP contribution in [0.3, 0.4) is 0 Å². The Labute approximate surface area is 215 Å². The van der Waals surface area contributed by atoms with Crippen molar-refractivity contribution >= 4 is 34.9 Å². The molecule has 1 aromatic heterocycles. The number of aliphatic hydroxyl groups is 1. The fraction of sp³-hybridized carbons (Fsp3) is 0.458. The van der Waals surface area contributed by atoms with Gasteiger partial charge in [-0.2, -0.15) is 13.2 Å². The molecule has 1 unspecified atom stereocenters. The molecular weight excluding hydrogens is 518 g/mol. The monoisotopic (exact) mass is 543 g/mol. The highest BCUT2D eigenvalue weighted by atomic mass is 35.5. The van der Waals surface area contributed by atoms with Crippen LogP contribution in [0.15, 0.2) is 30.5 Å². The summed E-state index contributed by atoms with van der Waals surface area (Å²) in [5.41, 5.74) is 4.78. The van der Waals surface area contributed by atoms with Crippen molar-refractivity contribution in [3.8, 4) is 0 Å². The smallest absolute Gasteiger partial charge is 0.383 e. The normalized spacial score (nSPS) is 20.4. The van der Waals surface area contributed by atoms with E-state index in [1.54, 1.807) is 6.07 Å². The summed E-state index contributed by atoms with van der Waals surface area (Å²) in [6.07, 6.45) is -4.99. The van der Waals surface area contributed by atoms with Crippen LogP contribution >= 0.6 is 11.6 Å². The number of carbonyl (C=O) groups is 2. The summed E-state index contributed by atoms with van der Waals surface area (Å²) >= 11 is 5.93. The van der Waals surface area contributed by atoms with E-state index in [-0.39, 0.29) is 43.2 Å². The zero-order valence-electron chi connectivity index (χ0n) is 19.9. The van der Waals surface area contributed by atoms with Gasteiger partial charge in [0, 0.05) is 19.6 Å². The fourth-order valence-corrected chi connectivity index (χ4v) is 4.82. The van der Waals surface area contributed by atoms with Gasteiger partial charge in [-0.1, -0.05) is 24.6 Å². The van der Waals surface area contributed by atoms with Gasteiger partial charge < -0.3 is 21.1 Å². The van der Waals surface area contributed by atoms with E-state index >= 15 is 0 Å². The van der Waals surface area contributed by atoms with Gasteiger partial charge in [-0.05, 0) is 48.6 Å². The first kappa shape index (κ1) is 27.1. The van der Waals surface area contributed by atoms with Crippen LogP contribution in [0.25, 0.3) is 0 Å². The van der Waals surface area contributed by atoms with E-state index in [0.717, 1.165) is 6.07 Å². The maximum absolute atomic E-state index is 13.8. The highest BCUT2D eigenvalue weighted by molar-refractivity contribution is 6.39. The number of rotatable bonds is 5. The van der Waals surface area contributed by atoms with E-state index in [9.17, 15) is 32.3 Å². The predicted octanol–water partition coefficient (Wildman–Crippen LogP) is 3.50. The Balaban J connectivity index is 1.59. The number of hydrogen-bond acceptors (Lipinski definition) is 6. The lowest BCUT2D eigenvalue weighted by molar-refractivity contribution is -0.241. The van der Waals surface area contributed by atoms with Crippen molar-refractivity contribution < 1.29 is 32.3 Å². The zero-order valence-corrected chi connectivity index (χ0v) is 20.6. The quantitative estimate of drug-likeness (QED) is 0.393. The Kier molecular flexibility index (Phi) is 7.37. The number of alkyl halides is 3. The van der Waals surface area contributed by atoms with Crippen molar-refractivity contribution in [2.45, 2.75) is 44.6 Å². The molecule has 0 bridgehead atoms. The number of amides is 2. The van der Waals surface area contributed by atoms with Crippen molar-refractivity contribution in [3.05, 3.63) is 52.4 Å². The summed E-state index contributed by atoms with van der Waals surface area (Å²) < 4.78 is 54.7. The van der Waals surface area contributed by atoms with E-state index in [0.29, 0.717) is 23.4 Å². The lowest BCUT2D eigenvalue weighted by atomic mass is 9.98. The van der Waals surface area contributed by atoms with Gasteiger partial charge in [0.1, 0.15) is 23.3 Å². The molecule has 1 saturated carbocycles. The Morgan fingerprint density at radius 2 is 2.00 bits per heavy atom. The van der Waals surface area contributed by atoms with Crippen molar-refractivity contribution in [2.24, 2.45) is 5.41 Å². The van der Waals surface area contributed by atoms with Gasteiger partial charge in [-0.3, -0.25) is 14.5 Å². The highest BCUT2D eigenvalue weighted by Gasteiger charge is 2.68. The summed E-state index contributed by atoms with van der Waals surface area (Å²) in [7, 11) is 0. The molecule has 2 aliphatic rings. The van der Waals surface area contributed by atoms with Crippen LogP contribution in [0, 0.1) is 11.2 Å². The van der Waals surface area contributed by atoms with Crippen molar-refractivity contribution in [1.82, 2.24) is 14.8 Å². The number of aryl methyl sites for hydroxylation is 1. The van der Waals surface area contributed by atoms with E-state index in [1.807, 2.05) is 6.92 Å². The zero-order chi connectivity index (χ0) is 27.1. The molecule has 4 N–H and O–H groups in total. The molecule has 0 radical (unpaired) electrons. The Morgan fingerprint density at radius 1 is 1.30 bits per heavy atom. The Morgan fingerprint density at radius 3 is 2.59 bits per heavy atom. The van der Waals surface area contributed by atoms with Gasteiger partial charge in [0.2, 0.25) is 0 Å². The first-order chi connectivity index (χ1) is 17.4. The minimum absolute atomic E-state index is 0.104. The van der Waals surface area contributed by atoms with Gasteiger partial charge in [-0.15, -0.1) is 0 Å². The molecule has 1 aromatic carbocycles. The average Bonchev–Trinajstić information content (AvgIpc) is 3.68. The van der Waals surface area contributed by atoms with Gasteiger partial charge >= 0.3 is 18.0 Å². The number of benzene rings is 1. The molecule has 13 heteroatoms. The molecule has 2 atom stereocenters. The standard InChI is InChI=1S/C24H26ClF4N5O3/c1-2-13-9-15(11-31-19(13)30)32-20(35)21(36)34-8-7-33(22(37)23(5-6-23)24(27,28)29)12-18(34)14-3-4-17(26)16(25)10-14/h3-4,9-11,18,22,37H,2,5-8,12H2,1H3,(H2,30,31)(H,32,35)/t18-,22?/m0/s1.